The predicted octanol–water partition coefficient (Wildman–Crippen LogP) is 4.62. The normalized spacial score (nSPS) is 9.87. The maximum absolute atomic E-state index is 5.60. The van der Waals surface area contributed by atoms with E-state index in [0.29, 0.717) is 5.92 Å². The fraction of sp³-hybridized carbons (Fsp3) is 0.571. The van der Waals surface area contributed by atoms with Crippen LogP contribution >= 0.6 is 0 Å². The first-order valence-corrected chi connectivity index (χ1v) is 5.86. The zero-order chi connectivity index (χ0) is 11.8. The fourth-order valence-electron chi connectivity index (χ4n) is 1.22. The number of benzene rings is 1. The molecule has 0 aliphatic rings. The van der Waals surface area contributed by atoms with Gasteiger partial charge in [0.05, 0.1) is 6.10 Å². The van der Waals surface area contributed by atoms with Crippen LogP contribution in [-0.2, 0) is 0 Å². The summed E-state index contributed by atoms with van der Waals surface area (Å²) in [5.41, 5.74) is 1.33. The predicted molar refractivity (Wildman–Crippen MR) is 67.6 cm³/mol. The second-order valence-electron chi connectivity index (χ2n) is 3.89. The van der Waals surface area contributed by atoms with Gasteiger partial charge >= 0.3 is 0 Å². The van der Waals surface area contributed by atoms with Crippen molar-refractivity contribution >= 4 is 0 Å². The van der Waals surface area contributed by atoms with Gasteiger partial charge in [0.25, 0.3) is 0 Å². The summed E-state index contributed by atoms with van der Waals surface area (Å²) in [4.78, 5) is 0. The Bertz CT molecular complexity index is 264. The van der Waals surface area contributed by atoms with Crippen molar-refractivity contribution in [2.45, 2.75) is 53.6 Å². The highest BCUT2D eigenvalue weighted by Gasteiger charge is 2.01. The van der Waals surface area contributed by atoms with Gasteiger partial charge in [-0.3, -0.25) is 0 Å². The van der Waals surface area contributed by atoms with Crippen LogP contribution in [0.4, 0.5) is 0 Å². The van der Waals surface area contributed by atoms with Crippen LogP contribution in [0.15, 0.2) is 24.3 Å². The molecule has 0 aliphatic heterocycles. The third-order valence-electron chi connectivity index (χ3n) is 1.90. The van der Waals surface area contributed by atoms with Crippen LogP contribution in [-0.4, -0.2) is 6.10 Å². The molecule has 0 saturated carbocycles. The van der Waals surface area contributed by atoms with E-state index >= 15 is 0 Å². The Hall–Kier alpha value is -0.980. The molecule has 0 bridgehead atoms. The largest absolute Gasteiger partial charge is 0.491 e. The molecule has 86 valence electrons. The van der Waals surface area contributed by atoms with Crippen LogP contribution in [0.5, 0.6) is 5.75 Å². The average Bonchev–Trinajstić information content (AvgIpc) is 2.20. The van der Waals surface area contributed by atoms with Crippen molar-refractivity contribution in [3.63, 3.8) is 0 Å². The van der Waals surface area contributed by atoms with Crippen LogP contribution in [0, 0.1) is 0 Å². The van der Waals surface area contributed by atoms with Crippen LogP contribution in [0.3, 0.4) is 0 Å². The average molecular weight is 208 g/mol. The number of rotatable bonds is 3. The van der Waals surface area contributed by atoms with Gasteiger partial charge in [0, 0.05) is 0 Å². The minimum atomic E-state index is 0.252. The molecule has 1 nitrogen and oxygen atoms in total. The molecule has 0 fully saturated rings. The van der Waals surface area contributed by atoms with Gasteiger partial charge in [-0.05, 0) is 37.5 Å². The van der Waals surface area contributed by atoms with Gasteiger partial charge in [-0.25, -0.2) is 0 Å². The first-order valence-electron chi connectivity index (χ1n) is 5.86. The number of ether oxygens (including phenoxy) is 1. The zero-order valence-electron chi connectivity index (χ0n) is 10.9. The molecule has 0 heterocycles. The molecule has 1 aromatic rings. The molecule has 1 rings (SSSR count). The van der Waals surface area contributed by atoms with Crippen LogP contribution < -0.4 is 4.74 Å². The zero-order valence-corrected chi connectivity index (χ0v) is 10.9. The van der Waals surface area contributed by atoms with Crippen molar-refractivity contribution in [2.75, 3.05) is 0 Å². The van der Waals surface area contributed by atoms with Crippen LogP contribution in [0.2, 0.25) is 0 Å². The molecule has 0 amide bonds. The Labute approximate surface area is 94.5 Å². The van der Waals surface area contributed by atoms with E-state index in [-0.39, 0.29) is 6.10 Å². The summed E-state index contributed by atoms with van der Waals surface area (Å²) in [5, 5.41) is 0. The maximum atomic E-state index is 5.60. The Morgan fingerprint density at radius 3 is 2.07 bits per heavy atom. The highest BCUT2D eigenvalue weighted by atomic mass is 16.5. The molecule has 0 unspecified atom stereocenters. The fourth-order valence-corrected chi connectivity index (χ4v) is 1.22. The van der Waals surface area contributed by atoms with E-state index in [4.69, 9.17) is 4.74 Å². The lowest BCUT2D eigenvalue weighted by molar-refractivity contribution is 0.242. The van der Waals surface area contributed by atoms with Gasteiger partial charge in [0.2, 0.25) is 0 Å². The lowest BCUT2D eigenvalue weighted by Crippen LogP contribution is -2.05. The Kier molecular flexibility index (Phi) is 6.85. The molecule has 0 aliphatic carbocycles. The van der Waals surface area contributed by atoms with Crippen LogP contribution in [0.1, 0.15) is 53.0 Å². The van der Waals surface area contributed by atoms with Crippen LogP contribution in [0.25, 0.3) is 0 Å². The summed E-state index contributed by atoms with van der Waals surface area (Å²) in [6.07, 6.45) is 0.252. The highest BCUT2D eigenvalue weighted by Crippen LogP contribution is 2.20. The highest BCUT2D eigenvalue weighted by molar-refractivity contribution is 5.30. The van der Waals surface area contributed by atoms with E-state index in [9.17, 15) is 0 Å². The molecule has 1 aromatic carbocycles. The summed E-state index contributed by atoms with van der Waals surface area (Å²) in [5.74, 6) is 1.54. The smallest absolute Gasteiger partial charge is 0.119 e. The topological polar surface area (TPSA) is 9.23 Å². The standard InChI is InChI=1S/C12H18O.C2H6/c1-9(2)11-6-5-7-12(8-11)13-10(3)4;1-2/h5-10H,1-4H3;1-2H3. The van der Waals surface area contributed by atoms with E-state index in [1.165, 1.54) is 5.56 Å². The minimum Gasteiger partial charge on any atom is -0.491 e. The van der Waals surface area contributed by atoms with Gasteiger partial charge in [-0.2, -0.15) is 0 Å². The lowest BCUT2D eigenvalue weighted by atomic mass is 10.0. The van der Waals surface area contributed by atoms with E-state index in [1.54, 1.807) is 0 Å². The third kappa shape index (κ3) is 5.46. The molecule has 15 heavy (non-hydrogen) atoms. The Morgan fingerprint density at radius 1 is 1.00 bits per heavy atom. The van der Waals surface area contributed by atoms with Crippen molar-refractivity contribution in [1.82, 2.24) is 0 Å². The number of hydrogen-bond donors (Lipinski definition) is 0. The SMILES string of the molecule is CC.CC(C)Oc1cccc(C(C)C)c1. The molecule has 0 radical (unpaired) electrons. The summed E-state index contributed by atoms with van der Waals surface area (Å²) in [6, 6.07) is 8.31. The van der Waals surface area contributed by atoms with Crippen molar-refractivity contribution in [1.29, 1.82) is 0 Å². The minimum absolute atomic E-state index is 0.252. The third-order valence-corrected chi connectivity index (χ3v) is 1.90. The quantitative estimate of drug-likeness (QED) is 0.704. The number of hydrogen-bond acceptors (Lipinski definition) is 1. The van der Waals surface area contributed by atoms with Gasteiger partial charge in [0.1, 0.15) is 5.75 Å². The van der Waals surface area contributed by atoms with E-state index in [2.05, 4.69) is 26.0 Å². The second-order valence-corrected chi connectivity index (χ2v) is 3.89. The molecular weight excluding hydrogens is 184 g/mol. The van der Waals surface area contributed by atoms with Crippen molar-refractivity contribution in [2.24, 2.45) is 0 Å². The first kappa shape index (κ1) is 14.0. The first-order chi connectivity index (χ1) is 7.09. The van der Waals surface area contributed by atoms with Gasteiger partial charge in [-0.1, -0.05) is 39.8 Å². The molecule has 0 N–H and O–H groups in total. The van der Waals surface area contributed by atoms with Gasteiger partial charge < -0.3 is 4.74 Å². The summed E-state index contributed by atoms with van der Waals surface area (Å²) < 4.78 is 5.60. The maximum Gasteiger partial charge on any atom is 0.119 e. The molecular formula is C14H24O. The van der Waals surface area contributed by atoms with E-state index < -0.39 is 0 Å². The van der Waals surface area contributed by atoms with E-state index in [1.807, 2.05) is 39.8 Å². The molecule has 0 spiro atoms. The molecule has 0 saturated heterocycles. The van der Waals surface area contributed by atoms with Crippen molar-refractivity contribution in [3.05, 3.63) is 29.8 Å². The summed E-state index contributed by atoms with van der Waals surface area (Å²) in [7, 11) is 0. The van der Waals surface area contributed by atoms with Gasteiger partial charge in [-0.15, -0.1) is 0 Å². The lowest BCUT2D eigenvalue weighted by Gasteiger charge is -2.12. The molecule has 0 atom stereocenters. The van der Waals surface area contributed by atoms with Crippen molar-refractivity contribution < 1.29 is 4.74 Å². The summed E-state index contributed by atoms with van der Waals surface area (Å²) >= 11 is 0. The monoisotopic (exact) mass is 208 g/mol. The molecule has 1 heteroatoms. The molecule has 0 aromatic heterocycles. The van der Waals surface area contributed by atoms with Crippen molar-refractivity contribution in [3.8, 4) is 5.75 Å². The second kappa shape index (κ2) is 7.33. The Morgan fingerprint density at radius 2 is 1.60 bits per heavy atom. The summed E-state index contributed by atoms with van der Waals surface area (Å²) in [6.45, 7) is 12.5. The van der Waals surface area contributed by atoms with E-state index in [0.717, 1.165) is 5.75 Å². The Balaban J connectivity index is 0.000000921. The van der Waals surface area contributed by atoms with Gasteiger partial charge in [0.15, 0.2) is 0 Å².